The smallest absolute Gasteiger partial charge is 0.176 e. The maximum absolute atomic E-state index is 3.88. The Labute approximate surface area is 48.2 Å². The number of fused-ring (bicyclic) bond motifs is 1. The Bertz CT molecular complexity index is 172. The van der Waals surface area contributed by atoms with Crippen LogP contribution in [0.4, 0.5) is 0 Å². The maximum atomic E-state index is 3.88. The molecule has 0 spiro atoms. The van der Waals surface area contributed by atoms with Crippen LogP contribution in [0, 0.1) is 6.33 Å². The molecule has 1 aliphatic rings. The first-order valence-corrected chi connectivity index (χ1v) is 2.89. The zero-order valence-electron chi connectivity index (χ0n) is 4.59. The minimum atomic E-state index is 1.12. The van der Waals surface area contributed by atoms with E-state index in [0.29, 0.717) is 0 Å². The SMILES string of the molecule is [c]1ncc2n1CCC2. The van der Waals surface area contributed by atoms with E-state index in [0.717, 1.165) is 6.54 Å². The monoisotopic (exact) mass is 107 g/mol. The van der Waals surface area contributed by atoms with Crippen LogP contribution >= 0.6 is 0 Å². The van der Waals surface area contributed by atoms with Crippen molar-refractivity contribution in [2.45, 2.75) is 19.4 Å². The van der Waals surface area contributed by atoms with Crippen molar-refractivity contribution in [1.82, 2.24) is 9.55 Å². The zero-order chi connectivity index (χ0) is 5.40. The predicted octanol–water partition coefficient (Wildman–Crippen LogP) is 0.629. The van der Waals surface area contributed by atoms with Crippen molar-refractivity contribution >= 4 is 0 Å². The topological polar surface area (TPSA) is 17.8 Å². The molecule has 2 rings (SSSR count). The first-order chi connectivity index (χ1) is 3.97. The highest BCUT2D eigenvalue weighted by atomic mass is 15.1. The molecule has 1 radical (unpaired) electrons. The minimum Gasteiger partial charge on any atom is -0.326 e. The molecule has 8 heavy (non-hydrogen) atoms. The summed E-state index contributed by atoms with van der Waals surface area (Å²) in [6.07, 6.45) is 7.24. The van der Waals surface area contributed by atoms with Gasteiger partial charge < -0.3 is 4.57 Å². The van der Waals surface area contributed by atoms with Crippen molar-refractivity contribution in [1.29, 1.82) is 0 Å². The summed E-state index contributed by atoms with van der Waals surface area (Å²) in [5.41, 5.74) is 1.34. The highest BCUT2D eigenvalue weighted by Gasteiger charge is 2.07. The minimum absolute atomic E-state index is 1.12. The molecule has 0 atom stereocenters. The lowest BCUT2D eigenvalue weighted by Gasteiger charge is -1.86. The number of rotatable bonds is 0. The van der Waals surface area contributed by atoms with Gasteiger partial charge in [0.05, 0.1) is 0 Å². The lowest BCUT2D eigenvalue weighted by atomic mass is 10.3. The summed E-state index contributed by atoms with van der Waals surface area (Å²) >= 11 is 0. The molecule has 1 aromatic heterocycles. The fourth-order valence-electron chi connectivity index (χ4n) is 1.12. The number of aromatic nitrogens is 2. The Balaban J connectivity index is 2.54. The number of hydrogen-bond donors (Lipinski definition) is 0. The van der Waals surface area contributed by atoms with E-state index in [1.165, 1.54) is 18.5 Å². The first kappa shape index (κ1) is 4.13. The van der Waals surface area contributed by atoms with E-state index in [-0.39, 0.29) is 0 Å². The van der Waals surface area contributed by atoms with Crippen LogP contribution < -0.4 is 0 Å². The standard InChI is InChI=1S/C6H7N2/c1-2-6-4-7-5-8(6)3-1/h4H,1-3H2. The Kier molecular flexibility index (Phi) is 0.692. The molecule has 0 N–H and O–H groups in total. The van der Waals surface area contributed by atoms with Crippen LogP contribution in [0.25, 0.3) is 0 Å². The molecule has 0 fully saturated rings. The van der Waals surface area contributed by atoms with E-state index in [1.54, 1.807) is 0 Å². The van der Waals surface area contributed by atoms with E-state index in [1.807, 2.05) is 6.20 Å². The molecule has 0 aliphatic carbocycles. The lowest BCUT2D eigenvalue weighted by molar-refractivity contribution is 0.736. The maximum Gasteiger partial charge on any atom is 0.176 e. The summed E-state index contributed by atoms with van der Waals surface area (Å²) in [5.74, 6) is 0. The Hall–Kier alpha value is -0.790. The molecular formula is C6H7N2. The molecule has 0 unspecified atom stereocenters. The van der Waals surface area contributed by atoms with Crippen molar-refractivity contribution in [2.24, 2.45) is 0 Å². The first-order valence-electron chi connectivity index (χ1n) is 2.89. The van der Waals surface area contributed by atoms with Crippen molar-refractivity contribution in [3.05, 3.63) is 18.2 Å². The van der Waals surface area contributed by atoms with E-state index < -0.39 is 0 Å². The van der Waals surface area contributed by atoms with Crippen LogP contribution in [0.3, 0.4) is 0 Å². The summed E-state index contributed by atoms with van der Waals surface area (Å²) < 4.78 is 2.08. The van der Waals surface area contributed by atoms with Gasteiger partial charge in [-0.25, -0.2) is 4.98 Å². The van der Waals surface area contributed by atoms with Gasteiger partial charge in [0, 0.05) is 18.4 Å². The van der Waals surface area contributed by atoms with Crippen LogP contribution in [0.5, 0.6) is 0 Å². The second kappa shape index (κ2) is 1.34. The van der Waals surface area contributed by atoms with E-state index in [2.05, 4.69) is 15.9 Å². The molecule has 0 saturated carbocycles. The quantitative estimate of drug-likeness (QED) is 0.475. The van der Waals surface area contributed by atoms with Crippen molar-refractivity contribution in [2.75, 3.05) is 0 Å². The van der Waals surface area contributed by atoms with Crippen LogP contribution in [0.1, 0.15) is 12.1 Å². The second-order valence-electron chi connectivity index (χ2n) is 2.10. The molecule has 0 aromatic carbocycles. The van der Waals surface area contributed by atoms with E-state index in [9.17, 15) is 0 Å². The average Bonchev–Trinajstić information content (AvgIpc) is 2.15. The number of nitrogens with zero attached hydrogens (tertiary/aromatic N) is 2. The van der Waals surface area contributed by atoms with Gasteiger partial charge >= 0.3 is 0 Å². The highest BCUT2D eigenvalue weighted by Crippen LogP contribution is 2.10. The summed E-state index contributed by atoms with van der Waals surface area (Å²) in [4.78, 5) is 3.88. The molecule has 0 saturated heterocycles. The summed E-state index contributed by atoms with van der Waals surface area (Å²) in [7, 11) is 0. The van der Waals surface area contributed by atoms with Crippen LogP contribution in [-0.2, 0) is 13.0 Å². The van der Waals surface area contributed by atoms with Crippen LogP contribution in [-0.4, -0.2) is 9.55 Å². The summed E-state index contributed by atoms with van der Waals surface area (Å²) in [6, 6.07) is 0. The van der Waals surface area contributed by atoms with Gasteiger partial charge in [-0.1, -0.05) is 0 Å². The molecule has 1 aromatic rings. The number of hydrogen-bond acceptors (Lipinski definition) is 1. The Morgan fingerprint density at radius 1 is 1.75 bits per heavy atom. The highest BCUT2D eigenvalue weighted by molar-refractivity contribution is 5.01. The van der Waals surface area contributed by atoms with Gasteiger partial charge in [-0.15, -0.1) is 0 Å². The third-order valence-electron chi connectivity index (χ3n) is 1.55. The van der Waals surface area contributed by atoms with Crippen molar-refractivity contribution in [3.63, 3.8) is 0 Å². The Morgan fingerprint density at radius 3 is 3.62 bits per heavy atom. The van der Waals surface area contributed by atoms with Gasteiger partial charge in [0.2, 0.25) is 0 Å². The molecule has 2 heteroatoms. The predicted molar refractivity (Wildman–Crippen MR) is 29.4 cm³/mol. The van der Waals surface area contributed by atoms with E-state index >= 15 is 0 Å². The fourth-order valence-corrected chi connectivity index (χ4v) is 1.12. The number of aryl methyl sites for hydroxylation is 2. The summed E-state index contributed by atoms with van der Waals surface area (Å²) in [6.45, 7) is 1.12. The average molecular weight is 107 g/mol. The summed E-state index contributed by atoms with van der Waals surface area (Å²) in [5, 5.41) is 0. The van der Waals surface area contributed by atoms with Gasteiger partial charge in [-0.05, 0) is 12.8 Å². The van der Waals surface area contributed by atoms with Gasteiger partial charge in [-0.3, -0.25) is 0 Å². The largest absolute Gasteiger partial charge is 0.326 e. The van der Waals surface area contributed by atoms with Gasteiger partial charge in [0.15, 0.2) is 6.33 Å². The van der Waals surface area contributed by atoms with E-state index in [4.69, 9.17) is 0 Å². The zero-order valence-corrected chi connectivity index (χ0v) is 4.59. The molecule has 2 nitrogen and oxygen atoms in total. The molecular weight excluding hydrogens is 100 g/mol. The van der Waals surface area contributed by atoms with Gasteiger partial charge in [0.1, 0.15) is 0 Å². The Morgan fingerprint density at radius 2 is 2.75 bits per heavy atom. The van der Waals surface area contributed by atoms with Crippen molar-refractivity contribution in [3.8, 4) is 0 Å². The van der Waals surface area contributed by atoms with Gasteiger partial charge in [0.25, 0.3) is 0 Å². The third-order valence-corrected chi connectivity index (χ3v) is 1.55. The second-order valence-corrected chi connectivity index (χ2v) is 2.10. The van der Waals surface area contributed by atoms with Crippen molar-refractivity contribution < 1.29 is 0 Å². The molecule has 1 aliphatic heterocycles. The third kappa shape index (κ3) is 0.399. The molecule has 0 amide bonds. The fraction of sp³-hybridized carbons (Fsp3) is 0.500. The molecule has 2 heterocycles. The normalized spacial score (nSPS) is 16.5. The molecule has 0 bridgehead atoms. The number of imidazole rings is 1. The molecule has 41 valence electrons. The van der Waals surface area contributed by atoms with Crippen LogP contribution in [0.15, 0.2) is 6.20 Å². The lowest BCUT2D eigenvalue weighted by Crippen LogP contribution is -1.87. The van der Waals surface area contributed by atoms with Crippen LogP contribution in [0.2, 0.25) is 0 Å². The van der Waals surface area contributed by atoms with Gasteiger partial charge in [-0.2, -0.15) is 0 Å².